The Hall–Kier alpha value is -1.87. The highest BCUT2D eigenvalue weighted by molar-refractivity contribution is 5.38. The van der Waals surface area contributed by atoms with Crippen LogP contribution >= 0.6 is 0 Å². The molecule has 2 aromatic rings. The first-order valence-corrected chi connectivity index (χ1v) is 6.89. The Morgan fingerprint density at radius 3 is 2.65 bits per heavy atom. The number of rotatable bonds is 3. The van der Waals surface area contributed by atoms with Crippen molar-refractivity contribution in [2.24, 2.45) is 0 Å². The lowest BCUT2D eigenvalue weighted by Gasteiger charge is -2.33. The first-order chi connectivity index (χ1) is 9.78. The third-order valence-corrected chi connectivity index (χ3v) is 3.61. The number of benzene rings is 2. The monoisotopic (exact) mass is 272 g/mol. The summed E-state index contributed by atoms with van der Waals surface area (Å²) >= 11 is 0. The van der Waals surface area contributed by atoms with Gasteiger partial charge in [-0.3, -0.25) is 0 Å². The summed E-state index contributed by atoms with van der Waals surface area (Å²) < 4.78 is 24.8. The van der Waals surface area contributed by atoms with Gasteiger partial charge in [0.15, 0.2) is 0 Å². The summed E-state index contributed by atoms with van der Waals surface area (Å²) in [7, 11) is 0. The highest BCUT2D eigenvalue weighted by Crippen LogP contribution is 2.36. The number of hydrogen-bond donors (Lipinski definition) is 0. The van der Waals surface area contributed by atoms with Crippen LogP contribution in [0.3, 0.4) is 0 Å². The van der Waals surface area contributed by atoms with Crippen LogP contribution in [0.15, 0.2) is 48.5 Å². The van der Waals surface area contributed by atoms with Crippen LogP contribution in [0.2, 0.25) is 0 Å². The molecule has 0 aliphatic carbocycles. The van der Waals surface area contributed by atoms with Gasteiger partial charge in [0.05, 0.1) is 5.92 Å². The minimum atomic E-state index is -0.319. The van der Waals surface area contributed by atoms with E-state index in [0.29, 0.717) is 6.61 Å². The standard InChI is InChI=1S/C17H17FO2/c1-2-19-17-15(12-7-9-14(18)10-8-12)11-13-5-3-4-6-16(13)20-17/h3-10,15,17H,2,11H2,1H3/t15-,17+/m1/s1. The van der Waals surface area contributed by atoms with Gasteiger partial charge in [-0.2, -0.15) is 0 Å². The largest absolute Gasteiger partial charge is 0.464 e. The second kappa shape index (κ2) is 5.63. The lowest BCUT2D eigenvalue weighted by Crippen LogP contribution is -2.33. The third kappa shape index (κ3) is 2.54. The van der Waals surface area contributed by atoms with Crippen LogP contribution in [0.4, 0.5) is 4.39 Å². The predicted molar refractivity (Wildman–Crippen MR) is 75.3 cm³/mol. The molecule has 1 aliphatic rings. The van der Waals surface area contributed by atoms with Crippen molar-refractivity contribution in [2.45, 2.75) is 25.6 Å². The molecule has 2 atom stereocenters. The molecule has 1 aliphatic heterocycles. The Kier molecular flexibility index (Phi) is 3.70. The molecular formula is C17H17FO2. The fourth-order valence-electron chi connectivity index (χ4n) is 2.63. The second-order valence-corrected chi connectivity index (χ2v) is 4.91. The van der Waals surface area contributed by atoms with E-state index in [4.69, 9.17) is 9.47 Å². The Bertz CT molecular complexity index is 580. The molecule has 104 valence electrons. The second-order valence-electron chi connectivity index (χ2n) is 4.91. The lowest BCUT2D eigenvalue weighted by atomic mass is 9.89. The van der Waals surface area contributed by atoms with Crippen LogP contribution in [-0.4, -0.2) is 12.9 Å². The van der Waals surface area contributed by atoms with Crippen LogP contribution in [0.25, 0.3) is 0 Å². The van der Waals surface area contributed by atoms with E-state index in [1.807, 2.05) is 37.3 Å². The molecular weight excluding hydrogens is 255 g/mol. The van der Waals surface area contributed by atoms with Crippen molar-refractivity contribution in [3.63, 3.8) is 0 Å². The maximum absolute atomic E-state index is 13.1. The normalized spacial score (nSPS) is 21.1. The summed E-state index contributed by atoms with van der Waals surface area (Å²) in [4.78, 5) is 0. The van der Waals surface area contributed by atoms with Crippen molar-refractivity contribution < 1.29 is 13.9 Å². The first-order valence-electron chi connectivity index (χ1n) is 6.89. The Morgan fingerprint density at radius 2 is 1.90 bits per heavy atom. The molecule has 2 aromatic carbocycles. The van der Waals surface area contributed by atoms with Gasteiger partial charge in [0.1, 0.15) is 11.6 Å². The summed E-state index contributed by atoms with van der Waals surface area (Å²) in [5.41, 5.74) is 2.21. The van der Waals surface area contributed by atoms with E-state index in [9.17, 15) is 4.39 Å². The van der Waals surface area contributed by atoms with Gasteiger partial charge >= 0.3 is 0 Å². The molecule has 0 aromatic heterocycles. The molecule has 2 nitrogen and oxygen atoms in total. The van der Waals surface area contributed by atoms with Gasteiger partial charge in [-0.15, -0.1) is 0 Å². The van der Waals surface area contributed by atoms with Crippen molar-refractivity contribution in [1.29, 1.82) is 0 Å². The van der Waals surface area contributed by atoms with E-state index in [1.54, 1.807) is 0 Å². The number of para-hydroxylation sites is 1. The summed E-state index contributed by atoms with van der Waals surface area (Å²) in [5, 5.41) is 0. The van der Waals surface area contributed by atoms with Crippen LogP contribution in [0.5, 0.6) is 5.75 Å². The molecule has 0 unspecified atom stereocenters. The molecule has 0 amide bonds. The summed E-state index contributed by atoms with van der Waals surface area (Å²) in [5.74, 6) is 0.744. The Morgan fingerprint density at radius 1 is 1.15 bits per heavy atom. The average molecular weight is 272 g/mol. The Balaban J connectivity index is 1.93. The third-order valence-electron chi connectivity index (χ3n) is 3.61. The van der Waals surface area contributed by atoms with Crippen molar-refractivity contribution in [3.05, 3.63) is 65.5 Å². The molecule has 0 fully saturated rings. The highest BCUT2D eigenvalue weighted by atomic mass is 19.1. The molecule has 3 rings (SSSR count). The molecule has 0 spiro atoms. The van der Waals surface area contributed by atoms with Crippen LogP contribution in [0, 0.1) is 5.82 Å². The van der Waals surface area contributed by atoms with E-state index in [1.165, 1.54) is 12.1 Å². The van der Waals surface area contributed by atoms with Gasteiger partial charge in [0, 0.05) is 6.61 Å². The van der Waals surface area contributed by atoms with Gasteiger partial charge in [-0.1, -0.05) is 30.3 Å². The zero-order chi connectivity index (χ0) is 13.9. The van der Waals surface area contributed by atoms with E-state index in [-0.39, 0.29) is 18.0 Å². The molecule has 1 heterocycles. The predicted octanol–water partition coefficient (Wildman–Crippen LogP) is 3.91. The van der Waals surface area contributed by atoms with E-state index in [2.05, 4.69) is 6.07 Å². The molecule has 0 saturated heterocycles. The number of halogens is 1. The SMILES string of the molecule is CCO[C@H]1Oc2ccccc2C[C@@H]1c1ccc(F)cc1. The summed E-state index contributed by atoms with van der Waals surface area (Å²) in [6.45, 7) is 2.54. The number of hydrogen-bond acceptors (Lipinski definition) is 2. The molecule has 0 N–H and O–H groups in total. The molecule has 3 heteroatoms. The topological polar surface area (TPSA) is 18.5 Å². The van der Waals surface area contributed by atoms with Crippen LogP contribution in [-0.2, 0) is 11.2 Å². The van der Waals surface area contributed by atoms with E-state index in [0.717, 1.165) is 23.3 Å². The maximum Gasteiger partial charge on any atom is 0.207 e. The van der Waals surface area contributed by atoms with E-state index < -0.39 is 0 Å². The number of ether oxygens (including phenoxy) is 2. The van der Waals surface area contributed by atoms with Crippen LogP contribution < -0.4 is 4.74 Å². The van der Waals surface area contributed by atoms with Crippen LogP contribution in [0.1, 0.15) is 24.0 Å². The van der Waals surface area contributed by atoms with Crippen molar-refractivity contribution in [2.75, 3.05) is 6.61 Å². The van der Waals surface area contributed by atoms with Crippen molar-refractivity contribution >= 4 is 0 Å². The zero-order valence-corrected chi connectivity index (χ0v) is 11.4. The molecule has 0 radical (unpaired) electrons. The minimum Gasteiger partial charge on any atom is -0.464 e. The quantitative estimate of drug-likeness (QED) is 0.843. The van der Waals surface area contributed by atoms with Gasteiger partial charge in [-0.25, -0.2) is 4.39 Å². The van der Waals surface area contributed by atoms with Crippen molar-refractivity contribution in [1.82, 2.24) is 0 Å². The first kappa shape index (κ1) is 13.1. The lowest BCUT2D eigenvalue weighted by molar-refractivity contribution is -0.0994. The van der Waals surface area contributed by atoms with Gasteiger partial charge in [0.2, 0.25) is 6.29 Å². The minimum absolute atomic E-state index is 0.0884. The van der Waals surface area contributed by atoms with E-state index >= 15 is 0 Å². The average Bonchev–Trinajstić information content (AvgIpc) is 2.48. The smallest absolute Gasteiger partial charge is 0.207 e. The zero-order valence-electron chi connectivity index (χ0n) is 11.4. The summed E-state index contributed by atoms with van der Waals surface area (Å²) in [6, 6.07) is 14.6. The number of fused-ring (bicyclic) bond motifs is 1. The van der Waals surface area contributed by atoms with Gasteiger partial charge < -0.3 is 9.47 Å². The van der Waals surface area contributed by atoms with Gasteiger partial charge in [-0.05, 0) is 42.7 Å². The summed E-state index contributed by atoms with van der Waals surface area (Å²) in [6.07, 6.45) is 0.521. The Labute approximate surface area is 118 Å². The molecule has 0 saturated carbocycles. The molecule has 0 bridgehead atoms. The van der Waals surface area contributed by atoms with Crippen molar-refractivity contribution in [3.8, 4) is 5.75 Å². The fourth-order valence-corrected chi connectivity index (χ4v) is 2.63. The maximum atomic E-state index is 13.1. The highest BCUT2D eigenvalue weighted by Gasteiger charge is 2.31. The fraction of sp³-hybridized carbons (Fsp3) is 0.294. The van der Waals surface area contributed by atoms with Gasteiger partial charge in [0.25, 0.3) is 0 Å². The molecule has 20 heavy (non-hydrogen) atoms.